The summed E-state index contributed by atoms with van der Waals surface area (Å²) in [5, 5.41) is 11.5. The van der Waals surface area contributed by atoms with E-state index in [4.69, 9.17) is 0 Å². The maximum atomic E-state index is 11.5. The van der Waals surface area contributed by atoms with E-state index in [9.17, 15) is 5.11 Å². The Morgan fingerprint density at radius 3 is 2.25 bits per heavy atom. The molecule has 3 atom stereocenters. The number of aliphatic hydroxyl groups is 1. The summed E-state index contributed by atoms with van der Waals surface area (Å²) in [5.74, 6) is 0.398. The molecule has 5 rings (SSSR count). The van der Waals surface area contributed by atoms with Crippen LogP contribution in [0, 0.1) is 5.92 Å². The highest BCUT2D eigenvalue weighted by molar-refractivity contribution is 5.32. The number of hydrogen-bond acceptors (Lipinski definition) is 1. The fourth-order valence-corrected chi connectivity index (χ4v) is 5.25. The Balaban J connectivity index is 1.89. The number of fused-ring (bicyclic) bond motifs is 1. The summed E-state index contributed by atoms with van der Waals surface area (Å²) in [6, 6.07) is 10.7. The first-order chi connectivity index (χ1) is 9.68. The van der Waals surface area contributed by atoms with Crippen LogP contribution in [0.25, 0.3) is 0 Å². The van der Waals surface area contributed by atoms with Gasteiger partial charge >= 0.3 is 0 Å². The van der Waals surface area contributed by atoms with E-state index in [1.165, 1.54) is 18.7 Å². The third-order valence-electron chi connectivity index (χ3n) is 6.22. The van der Waals surface area contributed by atoms with Gasteiger partial charge in [-0.3, -0.25) is 0 Å². The lowest BCUT2D eigenvalue weighted by atomic mass is 9.57. The molecule has 6 N–H and O–H groups in total. The van der Waals surface area contributed by atoms with Crippen LogP contribution in [0.1, 0.15) is 5.56 Å². The van der Waals surface area contributed by atoms with E-state index in [-0.39, 0.29) is 5.41 Å². The molecule has 20 heavy (non-hydrogen) atoms. The van der Waals surface area contributed by atoms with E-state index in [0.717, 1.165) is 26.2 Å². The summed E-state index contributed by atoms with van der Waals surface area (Å²) in [6.45, 7) is 7.55. The molecule has 4 fully saturated rings. The summed E-state index contributed by atoms with van der Waals surface area (Å²) in [5.41, 5.74) is 4.74. The molecular weight excluding hydrogens is 250 g/mol. The second kappa shape index (κ2) is 4.28. The van der Waals surface area contributed by atoms with E-state index < -0.39 is 5.60 Å². The van der Waals surface area contributed by atoms with Gasteiger partial charge in [0, 0.05) is 0 Å². The molecule has 4 aliphatic heterocycles. The molecule has 0 spiro atoms. The Labute approximate surface area is 120 Å². The van der Waals surface area contributed by atoms with Crippen LogP contribution >= 0.6 is 0 Å². The number of nitrogens with one attached hydrogen (secondary N) is 2. The molecule has 0 saturated carbocycles. The van der Waals surface area contributed by atoms with Gasteiger partial charge in [-0.1, -0.05) is 30.3 Å². The average Bonchev–Trinajstić information content (AvgIpc) is 2.74. The molecule has 0 radical (unpaired) electrons. The predicted octanol–water partition coefficient (Wildman–Crippen LogP) is -3.68. The molecule has 4 nitrogen and oxygen atoms in total. The van der Waals surface area contributed by atoms with E-state index >= 15 is 0 Å². The Morgan fingerprint density at radius 2 is 1.70 bits per heavy atom. The van der Waals surface area contributed by atoms with E-state index in [1.54, 1.807) is 9.80 Å². The summed E-state index contributed by atoms with van der Waals surface area (Å²) in [4.78, 5) is 3.37. The molecule has 0 aliphatic carbocycles. The van der Waals surface area contributed by atoms with Crippen LogP contribution in [-0.4, -0.2) is 56.5 Å². The van der Waals surface area contributed by atoms with Crippen molar-refractivity contribution in [1.29, 1.82) is 0 Å². The minimum absolute atomic E-state index is 0.0989. The molecule has 2 unspecified atom stereocenters. The van der Waals surface area contributed by atoms with Gasteiger partial charge in [-0.2, -0.15) is 0 Å². The maximum absolute atomic E-state index is 11.5. The van der Waals surface area contributed by atoms with Gasteiger partial charge in [-0.15, -0.1) is 0 Å². The van der Waals surface area contributed by atoms with Crippen LogP contribution < -0.4 is 15.5 Å². The van der Waals surface area contributed by atoms with Crippen LogP contribution in [0.4, 0.5) is 0 Å². The standard InChI is InChI=1S/C16H23N3O/c17-10-16(20)14-8-18-6-7-19(9-14)12-15(16,11-18)13-4-2-1-3-5-13/h1-5,14,20H,6-12,17H2/p+3/t14?,15?,16-/m1/s1. The summed E-state index contributed by atoms with van der Waals surface area (Å²) in [7, 11) is 0. The zero-order chi connectivity index (χ0) is 13.8. The molecular formula is C16H26N3O+3. The average molecular weight is 276 g/mol. The third kappa shape index (κ3) is 1.51. The van der Waals surface area contributed by atoms with Crippen molar-refractivity contribution in [2.45, 2.75) is 11.0 Å². The summed E-state index contributed by atoms with van der Waals surface area (Å²) < 4.78 is 0. The first kappa shape index (κ1) is 12.8. The van der Waals surface area contributed by atoms with Gasteiger partial charge in [-0.25, -0.2) is 0 Å². The first-order valence-electron chi connectivity index (χ1n) is 7.92. The number of benzene rings is 1. The Morgan fingerprint density at radius 1 is 1.10 bits per heavy atom. The maximum Gasteiger partial charge on any atom is 0.147 e. The van der Waals surface area contributed by atoms with E-state index in [2.05, 4.69) is 36.1 Å². The zero-order valence-corrected chi connectivity index (χ0v) is 12.1. The van der Waals surface area contributed by atoms with Crippen LogP contribution in [0.15, 0.2) is 30.3 Å². The minimum atomic E-state index is -0.619. The fraction of sp³-hybridized carbons (Fsp3) is 0.625. The van der Waals surface area contributed by atoms with Crippen molar-refractivity contribution in [2.24, 2.45) is 5.92 Å². The topological polar surface area (TPSA) is 56.8 Å². The van der Waals surface area contributed by atoms with E-state index in [1.807, 2.05) is 0 Å². The number of hydrogen-bond donors (Lipinski definition) is 4. The Hall–Kier alpha value is -0.940. The number of rotatable bonds is 2. The molecule has 4 bridgehead atoms. The van der Waals surface area contributed by atoms with Crippen molar-refractivity contribution in [2.75, 3.05) is 45.8 Å². The molecule has 0 amide bonds. The highest BCUT2D eigenvalue weighted by Gasteiger charge is 2.69. The van der Waals surface area contributed by atoms with Crippen LogP contribution in [0.2, 0.25) is 0 Å². The zero-order valence-electron chi connectivity index (χ0n) is 12.1. The molecule has 0 aromatic heterocycles. The van der Waals surface area contributed by atoms with Crippen molar-refractivity contribution in [1.82, 2.24) is 0 Å². The molecule has 108 valence electrons. The fourth-order valence-electron chi connectivity index (χ4n) is 5.25. The van der Waals surface area contributed by atoms with E-state index in [0.29, 0.717) is 12.5 Å². The molecule has 4 saturated heterocycles. The monoisotopic (exact) mass is 276 g/mol. The quantitative estimate of drug-likeness (QED) is 0.442. The molecule has 4 heteroatoms. The lowest BCUT2D eigenvalue weighted by Crippen LogP contribution is -3.19. The SMILES string of the molecule is [NH3+]C[C@@]1(O)C2C[NH+]3CC[NH+](C2)CC1(c1ccccc1)C3. The van der Waals surface area contributed by atoms with Gasteiger partial charge in [0.1, 0.15) is 30.7 Å². The molecule has 1 aromatic rings. The summed E-state index contributed by atoms with van der Waals surface area (Å²) >= 11 is 0. The Bertz CT molecular complexity index is 490. The molecule has 4 aliphatic rings. The van der Waals surface area contributed by atoms with Crippen LogP contribution in [0.5, 0.6) is 0 Å². The number of piperidine rings is 2. The second-order valence-corrected chi connectivity index (χ2v) is 7.08. The third-order valence-corrected chi connectivity index (χ3v) is 6.22. The van der Waals surface area contributed by atoms with Gasteiger partial charge in [0.15, 0.2) is 0 Å². The van der Waals surface area contributed by atoms with Crippen LogP contribution in [-0.2, 0) is 5.41 Å². The Kier molecular flexibility index (Phi) is 2.73. The van der Waals surface area contributed by atoms with Gasteiger partial charge in [0.05, 0.1) is 32.1 Å². The predicted molar refractivity (Wildman–Crippen MR) is 75.4 cm³/mol. The normalized spacial score (nSPS) is 46.4. The van der Waals surface area contributed by atoms with Gasteiger partial charge < -0.3 is 20.6 Å². The lowest BCUT2D eigenvalue weighted by Gasteiger charge is -2.55. The summed E-state index contributed by atoms with van der Waals surface area (Å²) in [6.07, 6.45) is 0. The highest BCUT2D eigenvalue weighted by atomic mass is 16.3. The van der Waals surface area contributed by atoms with Crippen LogP contribution in [0.3, 0.4) is 0 Å². The largest absolute Gasteiger partial charge is 0.382 e. The van der Waals surface area contributed by atoms with Gasteiger partial charge in [-0.05, 0) is 5.56 Å². The number of quaternary nitrogens is 3. The lowest BCUT2D eigenvalue weighted by molar-refractivity contribution is -0.918. The van der Waals surface area contributed by atoms with Crippen molar-refractivity contribution < 1.29 is 20.6 Å². The molecule has 1 aromatic carbocycles. The van der Waals surface area contributed by atoms with Gasteiger partial charge in [0.25, 0.3) is 0 Å². The van der Waals surface area contributed by atoms with Crippen molar-refractivity contribution in [3.8, 4) is 0 Å². The van der Waals surface area contributed by atoms with Crippen molar-refractivity contribution >= 4 is 0 Å². The highest BCUT2D eigenvalue weighted by Crippen LogP contribution is 2.41. The minimum Gasteiger partial charge on any atom is -0.382 e. The smallest absolute Gasteiger partial charge is 0.147 e. The first-order valence-corrected chi connectivity index (χ1v) is 7.92. The molecule has 4 heterocycles. The van der Waals surface area contributed by atoms with Gasteiger partial charge in [0.2, 0.25) is 0 Å². The van der Waals surface area contributed by atoms with Crippen molar-refractivity contribution in [3.63, 3.8) is 0 Å². The van der Waals surface area contributed by atoms with Crippen molar-refractivity contribution in [3.05, 3.63) is 35.9 Å². The second-order valence-electron chi connectivity index (χ2n) is 7.08.